The zero-order valence-corrected chi connectivity index (χ0v) is 18.4. The SMILES string of the molecule is C=C(C1CCC(CCC=CC=C(F)C#N)CC1)C1CCC(c2ccc(C#N)cc2)CC1. The van der Waals surface area contributed by atoms with Crippen molar-refractivity contribution in [2.45, 2.75) is 70.1 Å². The van der Waals surface area contributed by atoms with E-state index >= 15 is 0 Å². The van der Waals surface area contributed by atoms with Crippen LogP contribution in [0.15, 0.2) is 60.5 Å². The summed E-state index contributed by atoms with van der Waals surface area (Å²) in [6.45, 7) is 4.54. The highest BCUT2D eigenvalue weighted by Crippen LogP contribution is 2.44. The third kappa shape index (κ3) is 6.67. The van der Waals surface area contributed by atoms with Gasteiger partial charge in [0.2, 0.25) is 0 Å². The van der Waals surface area contributed by atoms with Gasteiger partial charge in [-0.25, -0.2) is 0 Å². The minimum atomic E-state index is -0.735. The van der Waals surface area contributed by atoms with Gasteiger partial charge in [0.1, 0.15) is 6.07 Å². The molecule has 2 fully saturated rings. The maximum Gasteiger partial charge on any atom is 0.199 e. The van der Waals surface area contributed by atoms with Crippen molar-refractivity contribution in [2.75, 3.05) is 0 Å². The summed E-state index contributed by atoms with van der Waals surface area (Å²) in [7, 11) is 0. The molecule has 0 unspecified atom stereocenters. The minimum Gasteiger partial charge on any atom is -0.195 e. The molecule has 31 heavy (non-hydrogen) atoms. The molecule has 0 saturated heterocycles. The molecule has 3 rings (SSSR count). The van der Waals surface area contributed by atoms with Crippen molar-refractivity contribution in [2.24, 2.45) is 17.8 Å². The predicted octanol–water partition coefficient (Wildman–Crippen LogP) is 7.91. The zero-order chi connectivity index (χ0) is 22.1. The topological polar surface area (TPSA) is 47.6 Å². The summed E-state index contributed by atoms with van der Waals surface area (Å²) >= 11 is 0. The van der Waals surface area contributed by atoms with Crippen LogP contribution >= 0.6 is 0 Å². The highest BCUT2D eigenvalue weighted by atomic mass is 19.1. The molecule has 0 bridgehead atoms. The normalized spacial score (nSPS) is 26.9. The van der Waals surface area contributed by atoms with Crippen LogP contribution in [-0.4, -0.2) is 0 Å². The van der Waals surface area contributed by atoms with Crippen LogP contribution in [0.4, 0.5) is 4.39 Å². The summed E-state index contributed by atoms with van der Waals surface area (Å²) in [5, 5.41) is 17.4. The molecule has 1 aromatic carbocycles. The smallest absolute Gasteiger partial charge is 0.195 e. The third-order valence-electron chi connectivity index (χ3n) is 7.36. The maximum absolute atomic E-state index is 12.8. The van der Waals surface area contributed by atoms with Gasteiger partial charge in [0.15, 0.2) is 5.83 Å². The van der Waals surface area contributed by atoms with E-state index in [9.17, 15) is 4.39 Å². The van der Waals surface area contributed by atoms with Crippen molar-refractivity contribution in [3.8, 4) is 12.1 Å². The van der Waals surface area contributed by atoms with Crippen molar-refractivity contribution in [1.29, 1.82) is 10.5 Å². The summed E-state index contributed by atoms with van der Waals surface area (Å²) in [5.74, 6) is 1.99. The minimum absolute atomic E-state index is 0.622. The highest BCUT2D eigenvalue weighted by molar-refractivity contribution is 5.33. The number of benzene rings is 1. The lowest BCUT2D eigenvalue weighted by Crippen LogP contribution is -2.22. The molecule has 2 aliphatic rings. The number of nitrogens with zero attached hydrogens (tertiary/aromatic N) is 2. The van der Waals surface area contributed by atoms with E-state index in [4.69, 9.17) is 10.5 Å². The van der Waals surface area contributed by atoms with E-state index in [0.717, 1.165) is 24.3 Å². The maximum atomic E-state index is 12.8. The quantitative estimate of drug-likeness (QED) is 0.257. The van der Waals surface area contributed by atoms with Crippen LogP contribution < -0.4 is 0 Å². The first-order valence-corrected chi connectivity index (χ1v) is 11.7. The highest BCUT2D eigenvalue weighted by Gasteiger charge is 2.29. The second-order valence-corrected chi connectivity index (χ2v) is 9.21. The Labute approximate surface area is 186 Å². The van der Waals surface area contributed by atoms with E-state index in [0.29, 0.717) is 17.8 Å². The summed E-state index contributed by atoms with van der Waals surface area (Å²) in [4.78, 5) is 0. The summed E-state index contributed by atoms with van der Waals surface area (Å²) in [5.41, 5.74) is 3.61. The van der Waals surface area contributed by atoms with Gasteiger partial charge in [-0.05, 0) is 112 Å². The van der Waals surface area contributed by atoms with Crippen LogP contribution in [0.2, 0.25) is 0 Å². The number of nitriles is 2. The molecule has 3 heteroatoms. The lowest BCUT2D eigenvalue weighted by Gasteiger charge is -2.36. The summed E-state index contributed by atoms with van der Waals surface area (Å²) in [6.07, 6.45) is 16.9. The first-order valence-electron chi connectivity index (χ1n) is 11.7. The van der Waals surface area contributed by atoms with E-state index < -0.39 is 5.83 Å². The Kier molecular flexibility index (Phi) is 8.66. The fraction of sp³-hybridized carbons (Fsp3) is 0.500. The summed E-state index contributed by atoms with van der Waals surface area (Å²) < 4.78 is 12.8. The first-order chi connectivity index (χ1) is 15.1. The number of allylic oxidation sites excluding steroid dienone is 5. The van der Waals surface area contributed by atoms with E-state index in [2.05, 4.69) is 24.8 Å². The van der Waals surface area contributed by atoms with Gasteiger partial charge in [-0.1, -0.05) is 36.4 Å². The average Bonchev–Trinajstić information content (AvgIpc) is 2.83. The molecule has 1 aromatic rings. The van der Waals surface area contributed by atoms with Crippen LogP contribution in [0.1, 0.15) is 81.3 Å². The monoisotopic (exact) mass is 416 g/mol. The number of hydrogen-bond donors (Lipinski definition) is 0. The molecule has 0 aliphatic heterocycles. The standard InChI is InChI=1S/C28H33FN2/c1-21(24-11-7-22(8-12-24)5-3-2-4-6-28(29)20-31)25-15-17-27(18-16-25)26-13-9-23(19-30)10-14-26/h2,4,6,9-10,13-14,22,24-25,27H,1,3,5,7-8,11-12,15-18H2. The Hall–Kier alpha value is -2.65. The zero-order valence-electron chi connectivity index (χ0n) is 18.4. The lowest BCUT2D eigenvalue weighted by molar-refractivity contribution is 0.260. The largest absolute Gasteiger partial charge is 0.199 e. The third-order valence-corrected chi connectivity index (χ3v) is 7.36. The van der Waals surface area contributed by atoms with Crippen molar-refractivity contribution in [3.05, 3.63) is 71.6 Å². The first kappa shape index (κ1) is 23.0. The lowest BCUT2D eigenvalue weighted by atomic mass is 9.69. The van der Waals surface area contributed by atoms with Gasteiger partial charge >= 0.3 is 0 Å². The van der Waals surface area contributed by atoms with Crippen LogP contribution in [0, 0.1) is 40.4 Å². The molecule has 0 heterocycles. The van der Waals surface area contributed by atoms with Crippen molar-refractivity contribution < 1.29 is 4.39 Å². The van der Waals surface area contributed by atoms with Crippen LogP contribution in [0.3, 0.4) is 0 Å². The van der Waals surface area contributed by atoms with Crippen LogP contribution in [0.5, 0.6) is 0 Å². The van der Waals surface area contributed by atoms with Gasteiger partial charge < -0.3 is 0 Å². The van der Waals surface area contributed by atoms with Gasteiger partial charge in [0.25, 0.3) is 0 Å². The molecule has 0 radical (unpaired) electrons. The van der Waals surface area contributed by atoms with E-state index in [1.165, 1.54) is 74.6 Å². The molecule has 2 nitrogen and oxygen atoms in total. The van der Waals surface area contributed by atoms with E-state index in [1.54, 1.807) is 6.08 Å². The van der Waals surface area contributed by atoms with Gasteiger partial charge in [0.05, 0.1) is 11.6 Å². The molecule has 2 aliphatic carbocycles. The molecule has 0 N–H and O–H groups in total. The fourth-order valence-electron chi connectivity index (χ4n) is 5.40. The molecule has 0 spiro atoms. The number of rotatable bonds is 7. The van der Waals surface area contributed by atoms with E-state index in [1.807, 2.05) is 18.2 Å². The van der Waals surface area contributed by atoms with E-state index in [-0.39, 0.29) is 0 Å². The molecule has 0 atom stereocenters. The molecule has 2 saturated carbocycles. The Morgan fingerprint density at radius 1 is 0.968 bits per heavy atom. The second-order valence-electron chi connectivity index (χ2n) is 9.21. The van der Waals surface area contributed by atoms with Crippen molar-refractivity contribution in [1.82, 2.24) is 0 Å². The average molecular weight is 417 g/mol. The van der Waals surface area contributed by atoms with Crippen LogP contribution in [0.25, 0.3) is 0 Å². The van der Waals surface area contributed by atoms with Gasteiger partial charge in [-0.15, -0.1) is 0 Å². The number of halogens is 1. The predicted molar refractivity (Wildman–Crippen MR) is 124 cm³/mol. The van der Waals surface area contributed by atoms with Gasteiger partial charge in [-0.3, -0.25) is 0 Å². The van der Waals surface area contributed by atoms with Crippen LogP contribution in [-0.2, 0) is 0 Å². The Morgan fingerprint density at radius 2 is 1.58 bits per heavy atom. The second kappa shape index (κ2) is 11.7. The molecule has 0 amide bonds. The molecular formula is C28H33FN2. The fourth-order valence-corrected chi connectivity index (χ4v) is 5.40. The molecule has 162 valence electrons. The van der Waals surface area contributed by atoms with Crippen molar-refractivity contribution >= 4 is 0 Å². The summed E-state index contributed by atoms with van der Waals surface area (Å²) in [6, 6.07) is 11.8. The Bertz CT molecular complexity index is 865. The van der Waals surface area contributed by atoms with Gasteiger partial charge in [-0.2, -0.15) is 14.9 Å². The Morgan fingerprint density at radius 3 is 2.16 bits per heavy atom. The van der Waals surface area contributed by atoms with Gasteiger partial charge in [0, 0.05) is 0 Å². The van der Waals surface area contributed by atoms with Crippen molar-refractivity contribution in [3.63, 3.8) is 0 Å². The molecule has 0 aromatic heterocycles. The number of hydrogen-bond acceptors (Lipinski definition) is 2. The Balaban J connectivity index is 1.38. The molecular weight excluding hydrogens is 383 g/mol.